The highest BCUT2D eigenvalue weighted by Crippen LogP contribution is 2.36. The van der Waals surface area contributed by atoms with Gasteiger partial charge in [0.25, 0.3) is 5.91 Å². The normalized spacial score (nSPS) is 21.6. The third-order valence-corrected chi connectivity index (χ3v) is 4.07. The van der Waals surface area contributed by atoms with Crippen molar-refractivity contribution in [2.75, 3.05) is 6.54 Å². The molecule has 0 saturated carbocycles. The lowest BCUT2D eigenvalue weighted by Crippen LogP contribution is -2.56. The molecule has 1 N–H and O–H groups in total. The Balaban J connectivity index is 2.31. The maximum atomic E-state index is 12.6. The third-order valence-electron chi connectivity index (χ3n) is 4.07. The molecule has 0 aliphatic carbocycles. The molecule has 1 unspecified atom stereocenters. The van der Waals surface area contributed by atoms with E-state index in [1.54, 1.807) is 12.1 Å². The van der Waals surface area contributed by atoms with E-state index >= 15 is 0 Å². The molecule has 20 heavy (non-hydrogen) atoms. The molecule has 0 spiro atoms. The molecule has 2 rings (SSSR count). The summed E-state index contributed by atoms with van der Waals surface area (Å²) in [6.45, 7) is 6.30. The van der Waals surface area contributed by atoms with Gasteiger partial charge in [-0.3, -0.25) is 4.79 Å². The SMILES string of the molecule is Cc1ccc(C(=O)N2CCCC(C)(C)C2C(=O)O)cc1. The number of amides is 1. The molecule has 108 valence electrons. The Kier molecular flexibility index (Phi) is 3.84. The minimum absolute atomic E-state index is 0.190. The van der Waals surface area contributed by atoms with Crippen molar-refractivity contribution in [2.45, 2.75) is 39.7 Å². The van der Waals surface area contributed by atoms with Crippen LogP contribution in [0.5, 0.6) is 0 Å². The molecule has 1 saturated heterocycles. The number of benzene rings is 1. The number of hydrogen-bond acceptors (Lipinski definition) is 2. The van der Waals surface area contributed by atoms with Gasteiger partial charge in [-0.1, -0.05) is 31.5 Å². The highest BCUT2D eigenvalue weighted by atomic mass is 16.4. The Morgan fingerprint density at radius 2 is 1.85 bits per heavy atom. The summed E-state index contributed by atoms with van der Waals surface area (Å²) in [7, 11) is 0. The number of piperidine rings is 1. The summed E-state index contributed by atoms with van der Waals surface area (Å²) in [6, 6.07) is 6.51. The first-order chi connectivity index (χ1) is 9.33. The van der Waals surface area contributed by atoms with Crippen molar-refractivity contribution in [3.63, 3.8) is 0 Å². The zero-order valence-corrected chi connectivity index (χ0v) is 12.2. The van der Waals surface area contributed by atoms with Gasteiger partial charge in [-0.2, -0.15) is 0 Å². The van der Waals surface area contributed by atoms with Gasteiger partial charge in [-0.05, 0) is 37.3 Å². The highest BCUT2D eigenvalue weighted by molar-refractivity contribution is 5.97. The van der Waals surface area contributed by atoms with E-state index < -0.39 is 17.4 Å². The molecule has 1 amide bonds. The van der Waals surface area contributed by atoms with Gasteiger partial charge in [0.2, 0.25) is 0 Å². The van der Waals surface area contributed by atoms with E-state index in [0.717, 1.165) is 18.4 Å². The van der Waals surface area contributed by atoms with E-state index in [1.165, 1.54) is 4.90 Å². The quantitative estimate of drug-likeness (QED) is 0.902. The molecule has 1 aliphatic rings. The van der Waals surface area contributed by atoms with Crippen LogP contribution in [0.1, 0.15) is 42.6 Å². The summed E-state index contributed by atoms with van der Waals surface area (Å²) in [5.74, 6) is -1.11. The number of hydrogen-bond donors (Lipinski definition) is 1. The van der Waals surface area contributed by atoms with Crippen LogP contribution >= 0.6 is 0 Å². The predicted octanol–water partition coefficient (Wildman–Crippen LogP) is 2.71. The largest absolute Gasteiger partial charge is 0.480 e. The molecule has 1 fully saturated rings. The van der Waals surface area contributed by atoms with Crippen molar-refractivity contribution in [1.82, 2.24) is 4.90 Å². The second-order valence-corrected chi connectivity index (χ2v) is 6.20. The van der Waals surface area contributed by atoms with Gasteiger partial charge in [0.15, 0.2) is 0 Å². The predicted molar refractivity (Wildman–Crippen MR) is 76.7 cm³/mol. The molecule has 4 heteroatoms. The van der Waals surface area contributed by atoms with E-state index in [4.69, 9.17) is 0 Å². The molecular formula is C16H21NO3. The molecule has 0 aromatic heterocycles. The van der Waals surface area contributed by atoms with Gasteiger partial charge >= 0.3 is 5.97 Å². The Morgan fingerprint density at radius 3 is 2.40 bits per heavy atom. The summed E-state index contributed by atoms with van der Waals surface area (Å²) in [5, 5.41) is 9.49. The van der Waals surface area contributed by atoms with Crippen LogP contribution in [-0.2, 0) is 4.79 Å². The summed E-state index contributed by atoms with van der Waals surface area (Å²) in [5.41, 5.74) is 1.24. The van der Waals surface area contributed by atoms with Crippen molar-refractivity contribution in [2.24, 2.45) is 5.41 Å². The molecule has 1 aliphatic heterocycles. The Hall–Kier alpha value is -1.84. The van der Waals surface area contributed by atoms with Crippen LogP contribution in [0.4, 0.5) is 0 Å². The number of likely N-dealkylation sites (tertiary alicyclic amines) is 1. The van der Waals surface area contributed by atoms with E-state index in [2.05, 4.69) is 0 Å². The van der Waals surface area contributed by atoms with Crippen LogP contribution in [0.2, 0.25) is 0 Å². The van der Waals surface area contributed by atoms with E-state index in [-0.39, 0.29) is 5.91 Å². The molecule has 4 nitrogen and oxygen atoms in total. The van der Waals surface area contributed by atoms with Gasteiger partial charge < -0.3 is 10.0 Å². The van der Waals surface area contributed by atoms with E-state index in [1.807, 2.05) is 32.9 Å². The number of nitrogens with zero attached hydrogens (tertiary/aromatic N) is 1. The van der Waals surface area contributed by atoms with Gasteiger partial charge in [0, 0.05) is 12.1 Å². The fourth-order valence-corrected chi connectivity index (χ4v) is 2.94. The highest BCUT2D eigenvalue weighted by Gasteiger charge is 2.44. The van der Waals surface area contributed by atoms with Gasteiger partial charge in [0.05, 0.1) is 0 Å². The lowest BCUT2D eigenvalue weighted by molar-refractivity contribution is -0.148. The minimum atomic E-state index is -0.921. The van der Waals surface area contributed by atoms with Crippen LogP contribution < -0.4 is 0 Å². The average molecular weight is 275 g/mol. The molecule has 1 aromatic carbocycles. The topological polar surface area (TPSA) is 57.6 Å². The smallest absolute Gasteiger partial charge is 0.326 e. The van der Waals surface area contributed by atoms with Crippen molar-refractivity contribution >= 4 is 11.9 Å². The first-order valence-electron chi connectivity index (χ1n) is 6.93. The maximum Gasteiger partial charge on any atom is 0.326 e. The number of aryl methyl sites for hydroxylation is 1. The molecule has 1 heterocycles. The van der Waals surface area contributed by atoms with Crippen molar-refractivity contribution in [1.29, 1.82) is 0 Å². The van der Waals surface area contributed by atoms with Gasteiger partial charge in [0.1, 0.15) is 6.04 Å². The average Bonchev–Trinajstić information content (AvgIpc) is 2.36. The lowest BCUT2D eigenvalue weighted by Gasteiger charge is -2.44. The fraction of sp³-hybridized carbons (Fsp3) is 0.500. The molecule has 1 aromatic rings. The van der Waals surface area contributed by atoms with Crippen LogP contribution in [-0.4, -0.2) is 34.5 Å². The van der Waals surface area contributed by atoms with Crippen LogP contribution in [0.25, 0.3) is 0 Å². The summed E-state index contributed by atoms with van der Waals surface area (Å²) < 4.78 is 0. The Morgan fingerprint density at radius 1 is 1.25 bits per heavy atom. The first-order valence-corrected chi connectivity index (χ1v) is 6.93. The van der Waals surface area contributed by atoms with E-state index in [0.29, 0.717) is 12.1 Å². The number of carboxylic acids is 1. The number of rotatable bonds is 2. The summed E-state index contributed by atoms with van der Waals surface area (Å²) in [4.78, 5) is 25.7. The standard InChI is InChI=1S/C16H21NO3/c1-11-5-7-12(8-6-11)14(18)17-10-4-9-16(2,3)13(17)15(19)20/h5-8,13H,4,9-10H2,1-3H3,(H,19,20). The van der Waals surface area contributed by atoms with E-state index in [9.17, 15) is 14.7 Å². The second kappa shape index (κ2) is 5.27. The summed E-state index contributed by atoms with van der Waals surface area (Å²) in [6.07, 6.45) is 1.66. The number of carbonyl (C=O) groups is 2. The van der Waals surface area contributed by atoms with Crippen LogP contribution in [0.15, 0.2) is 24.3 Å². The number of carbonyl (C=O) groups excluding carboxylic acids is 1. The maximum absolute atomic E-state index is 12.6. The lowest BCUT2D eigenvalue weighted by atomic mass is 9.76. The number of aliphatic carboxylic acids is 1. The number of carboxylic acid groups (broad SMARTS) is 1. The second-order valence-electron chi connectivity index (χ2n) is 6.20. The van der Waals surface area contributed by atoms with Crippen LogP contribution in [0, 0.1) is 12.3 Å². The Bertz CT molecular complexity index is 519. The van der Waals surface area contributed by atoms with Crippen LogP contribution in [0.3, 0.4) is 0 Å². The van der Waals surface area contributed by atoms with Crippen molar-refractivity contribution in [3.8, 4) is 0 Å². The Labute approximate surface area is 119 Å². The molecular weight excluding hydrogens is 254 g/mol. The van der Waals surface area contributed by atoms with Crippen molar-refractivity contribution < 1.29 is 14.7 Å². The zero-order valence-electron chi connectivity index (χ0n) is 12.2. The van der Waals surface area contributed by atoms with Gasteiger partial charge in [-0.25, -0.2) is 4.79 Å². The minimum Gasteiger partial charge on any atom is -0.480 e. The van der Waals surface area contributed by atoms with Gasteiger partial charge in [-0.15, -0.1) is 0 Å². The monoisotopic (exact) mass is 275 g/mol. The third kappa shape index (κ3) is 2.69. The molecule has 1 atom stereocenters. The van der Waals surface area contributed by atoms with Crippen molar-refractivity contribution in [3.05, 3.63) is 35.4 Å². The molecule has 0 radical (unpaired) electrons. The first kappa shape index (κ1) is 14.6. The summed E-state index contributed by atoms with van der Waals surface area (Å²) >= 11 is 0. The zero-order chi connectivity index (χ0) is 14.9. The molecule has 0 bridgehead atoms. The fourth-order valence-electron chi connectivity index (χ4n) is 2.94.